The molecule has 284 valence electrons. The molecule has 3 atom stereocenters. The van der Waals surface area contributed by atoms with E-state index in [0.29, 0.717) is 23.4 Å². The van der Waals surface area contributed by atoms with Gasteiger partial charge >= 0.3 is 11.9 Å². The molecule has 3 amide bonds. The van der Waals surface area contributed by atoms with Crippen LogP contribution in [0.4, 0.5) is 11.4 Å². The van der Waals surface area contributed by atoms with Crippen molar-refractivity contribution in [3.8, 4) is 0 Å². The molecule has 52 heavy (non-hydrogen) atoms. The summed E-state index contributed by atoms with van der Waals surface area (Å²) in [7, 11) is 0. The predicted octanol–water partition coefficient (Wildman–Crippen LogP) is 4.80. The molecule has 15 heteroatoms. The number of nitrogens with zero attached hydrogens (tertiary/aromatic N) is 1. The normalized spacial score (nSPS) is 13.3. The van der Waals surface area contributed by atoms with Crippen molar-refractivity contribution >= 4 is 41.0 Å². The van der Waals surface area contributed by atoms with Crippen molar-refractivity contribution in [1.29, 1.82) is 0 Å². The molecule has 15 nitrogen and oxygen atoms in total. The van der Waals surface area contributed by atoms with Gasteiger partial charge in [-0.05, 0) is 67.3 Å². The maximum Gasteiger partial charge on any atom is 0.326 e. The van der Waals surface area contributed by atoms with Crippen molar-refractivity contribution in [3.63, 3.8) is 0 Å². The minimum atomic E-state index is -1.27. The fourth-order valence-electron chi connectivity index (χ4n) is 5.20. The van der Waals surface area contributed by atoms with E-state index in [0.717, 1.165) is 11.8 Å². The second-order valence-corrected chi connectivity index (χ2v) is 14.4. The third kappa shape index (κ3) is 17.0. The number of aliphatic carboxylic acids is 2. The summed E-state index contributed by atoms with van der Waals surface area (Å²) < 4.78 is 0. The minimum Gasteiger partial charge on any atom is -0.480 e. The third-order valence-electron chi connectivity index (χ3n) is 7.70. The average Bonchev–Trinajstić information content (AvgIpc) is 3.01. The number of carbonyl (C=O) groups excluding carboxylic acids is 3. The van der Waals surface area contributed by atoms with Gasteiger partial charge < -0.3 is 36.8 Å². The molecule has 7 N–H and O–H groups in total. The summed E-state index contributed by atoms with van der Waals surface area (Å²) in [5.74, 6) is -3.83. The topological polar surface area (TPSA) is 229 Å². The van der Waals surface area contributed by atoms with Crippen LogP contribution in [0.5, 0.6) is 0 Å². The fourth-order valence-corrected chi connectivity index (χ4v) is 5.20. The molecule has 2 aromatic rings. The van der Waals surface area contributed by atoms with Gasteiger partial charge in [0.15, 0.2) is 5.82 Å². The first-order chi connectivity index (χ1) is 24.3. The minimum absolute atomic E-state index is 0.0129. The largest absolute Gasteiger partial charge is 0.480 e. The molecule has 0 saturated carbocycles. The summed E-state index contributed by atoms with van der Waals surface area (Å²) >= 11 is 0. The van der Waals surface area contributed by atoms with Crippen molar-refractivity contribution in [3.05, 3.63) is 81.8 Å². The zero-order chi connectivity index (χ0) is 39.0. The zero-order valence-corrected chi connectivity index (χ0v) is 30.7. The van der Waals surface area contributed by atoms with E-state index in [1.54, 1.807) is 36.4 Å². The van der Waals surface area contributed by atoms with E-state index in [9.17, 15) is 44.3 Å². The van der Waals surface area contributed by atoms with Gasteiger partial charge in [0.1, 0.15) is 18.1 Å². The van der Waals surface area contributed by atoms with E-state index in [1.807, 2.05) is 53.7 Å². The SMILES string of the molecule is Cc1ccc(N/C(=C/[N+](=O)[O-])Nc2ccc(CC(=O)NC(CC(C)C)C(=O)NC(CCCCC(NC(=O)CC(C)(C)C)C(=O)O)C(=O)O)cc2)cc1. The third-order valence-corrected chi connectivity index (χ3v) is 7.70. The van der Waals surface area contributed by atoms with E-state index in [4.69, 9.17) is 0 Å². The van der Waals surface area contributed by atoms with E-state index in [1.165, 1.54) is 0 Å². The van der Waals surface area contributed by atoms with Crippen LogP contribution in [0.1, 0.15) is 84.3 Å². The molecule has 0 bridgehead atoms. The molecule has 0 saturated heterocycles. The molecule has 0 aliphatic heterocycles. The van der Waals surface area contributed by atoms with E-state index in [2.05, 4.69) is 26.6 Å². The maximum atomic E-state index is 13.2. The second-order valence-electron chi connectivity index (χ2n) is 14.4. The fraction of sp³-hybridized carbons (Fsp3) is 0.486. The van der Waals surface area contributed by atoms with Gasteiger partial charge in [0.05, 0.1) is 11.3 Å². The number of carbonyl (C=O) groups is 5. The van der Waals surface area contributed by atoms with Crippen LogP contribution in [0, 0.1) is 28.4 Å². The molecule has 2 aromatic carbocycles. The number of aryl methyl sites for hydroxylation is 1. The lowest BCUT2D eigenvalue weighted by Crippen LogP contribution is -2.52. The Morgan fingerprint density at radius 1 is 0.769 bits per heavy atom. The van der Waals surface area contributed by atoms with Gasteiger partial charge in [0, 0.05) is 17.8 Å². The maximum absolute atomic E-state index is 13.2. The average molecular weight is 725 g/mol. The molecular formula is C37H52N6O9. The van der Waals surface area contributed by atoms with Crippen molar-refractivity contribution in [2.75, 3.05) is 10.6 Å². The molecule has 0 aliphatic carbocycles. The molecule has 2 rings (SSSR count). The molecule has 0 fully saturated rings. The number of carboxylic acid groups (broad SMARTS) is 2. The Morgan fingerprint density at radius 2 is 1.25 bits per heavy atom. The predicted molar refractivity (Wildman–Crippen MR) is 197 cm³/mol. The first-order valence-electron chi connectivity index (χ1n) is 17.2. The summed E-state index contributed by atoms with van der Waals surface area (Å²) in [5.41, 5.74) is 2.50. The van der Waals surface area contributed by atoms with Crippen LogP contribution in [0.3, 0.4) is 0 Å². The summed E-state index contributed by atoms with van der Waals surface area (Å²) in [6.07, 6.45) is 1.81. The number of nitrogens with one attached hydrogen (secondary N) is 5. The van der Waals surface area contributed by atoms with Crippen LogP contribution in [0.25, 0.3) is 0 Å². The molecule has 0 radical (unpaired) electrons. The van der Waals surface area contributed by atoms with Gasteiger partial charge in [-0.3, -0.25) is 24.5 Å². The molecule has 0 aliphatic rings. The van der Waals surface area contributed by atoms with Crippen molar-refractivity contribution < 1.29 is 39.1 Å². The summed E-state index contributed by atoms with van der Waals surface area (Å²) in [6, 6.07) is 10.6. The lowest BCUT2D eigenvalue weighted by molar-refractivity contribution is -0.403. The summed E-state index contributed by atoms with van der Waals surface area (Å²) in [6.45, 7) is 11.2. The van der Waals surface area contributed by atoms with Gasteiger partial charge in [-0.15, -0.1) is 0 Å². The Balaban J connectivity index is 1.97. The summed E-state index contributed by atoms with van der Waals surface area (Å²) in [5, 5.41) is 44.2. The monoisotopic (exact) mass is 724 g/mol. The molecular weight excluding hydrogens is 672 g/mol. The van der Waals surface area contributed by atoms with Crippen LogP contribution in [0.2, 0.25) is 0 Å². The Hall–Kier alpha value is -5.47. The van der Waals surface area contributed by atoms with E-state index in [-0.39, 0.29) is 61.6 Å². The first kappa shape index (κ1) is 42.7. The van der Waals surface area contributed by atoms with Crippen molar-refractivity contribution in [2.45, 2.75) is 105 Å². The Morgan fingerprint density at radius 3 is 1.71 bits per heavy atom. The number of hydrogen-bond donors (Lipinski definition) is 7. The van der Waals surface area contributed by atoms with Crippen LogP contribution in [-0.4, -0.2) is 62.9 Å². The zero-order valence-electron chi connectivity index (χ0n) is 30.7. The highest BCUT2D eigenvalue weighted by molar-refractivity contribution is 5.91. The van der Waals surface area contributed by atoms with E-state index >= 15 is 0 Å². The van der Waals surface area contributed by atoms with Gasteiger partial charge in [0.25, 0.3) is 6.20 Å². The number of nitro groups is 1. The number of hydrogen-bond acceptors (Lipinski definition) is 9. The van der Waals surface area contributed by atoms with Crippen molar-refractivity contribution in [2.24, 2.45) is 11.3 Å². The number of rotatable bonds is 21. The number of carboxylic acids is 2. The Kier molecular flexibility index (Phi) is 16.7. The lowest BCUT2D eigenvalue weighted by Gasteiger charge is -2.23. The Bertz CT molecular complexity index is 1570. The number of anilines is 2. The number of unbranched alkanes of at least 4 members (excludes halogenated alkanes) is 1. The lowest BCUT2D eigenvalue weighted by atomic mass is 9.91. The van der Waals surface area contributed by atoms with Gasteiger partial charge in [0.2, 0.25) is 17.7 Å². The van der Waals surface area contributed by atoms with Crippen LogP contribution in [0.15, 0.2) is 60.6 Å². The quantitative estimate of drug-likeness (QED) is 0.0525. The first-order valence-corrected chi connectivity index (χ1v) is 17.2. The summed E-state index contributed by atoms with van der Waals surface area (Å²) in [4.78, 5) is 72.8. The van der Waals surface area contributed by atoms with Gasteiger partial charge in [-0.2, -0.15) is 0 Å². The molecule has 0 spiro atoms. The second kappa shape index (κ2) is 20.4. The molecule has 0 aromatic heterocycles. The highest BCUT2D eigenvalue weighted by Crippen LogP contribution is 2.19. The Labute approximate surface area is 304 Å². The van der Waals surface area contributed by atoms with Gasteiger partial charge in [-0.25, -0.2) is 9.59 Å². The number of amides is 3. The standard InChI is InChI=1S/C37H52N6O9/c1-23(2)19-30(34(46)42-29(36(49)50)10-8-7-9-28(35(47)48)40-33(45)21-37(4,5)6)41-32(44)20-25-13-17-27(18-14-25)39-31(22-43(51)52)38-26-15-11-24(3)12-16-26/h11-18,22-23,28-30,38-39H,7-10,19-21H2,1-6H3,(H,40,45)(H,41,44)(H,42,46)(H,47,48)(H,49,50)/b31-22-. The molecule has 3 unspecified atom stereocenters. The smallest absolute Gasteiger partial charge is 0.326 e. The van der Waals surface area contributed by atoms with Crippen molar-refractivity contribution in [1.82, 2.24) is 16.0 Å². The highest BCUT2D eigenvalue weighted by atomic mass is 16.6. The molecule has 0 heterocycles. The van der Waals surface area contributed by atoms with Gasteiger partial charge in [-0.1, -0.05) is 77.3 Å². The number of benzene rings is 2. The van der Waals surface area contributed by atoms with Crippen LogP contribution in [-0.2, 0) is 30.4 Å². The van der Waals surface area contributed by atoms with Crippen LogP contribution >= 0.6 is 0 Å². The van der Waals surface area contributed by atoms with E-state index < -0.39 is 46.8 Å². The van der Waals surface area contributed by atoms with Crippen LogP contribution < -0.4 is 26.6 Å². The highest BCUT2D eigenvalue weighted by Gasteiger charge is 2.28.